The summed E-state index contributed by atoms with van der Waals surface area (Å²) < 4.78 is 0. The summed E-state index contributed by atoms with van der Waals surface area (Å²) in [4.78, 5) is 0. The first-order valence-electron chi connectivity index (χ1n) is 4.15. The van der Waals surface area contributed by atoms with E-state index in [1.807, 2.05) is 30.3 Å². The van der Waals surface area contributed by atoms with E-state index in [4.69, 9.17) is 0 Å². The molecular weight excluding hydrogens is 300 g/mol. The van der Waals surface area contributed by atoms with Crippen molar-refractivity contribution >= 4 is 58.2 Å². The van der Waals surface area contributed by atoms with Crippen molar-refractivity contribution in [3.05, 3.63) is 36.4 Å². The van der Waals surface area contributed by atoms with Crippen molar-refractivity contribution in [1.29, 1.82) is 0 Å². The molecule has 2 aromatic carbocycles. The van der Waals surface area contributed by atoms with Crippen LogP contribution in [0.3, 0.4) is 0 Å². The molecule has 2 rings (SSSR count). The number of hydrogen-bond donors (Lipinski definition) is 0. The van der Waals surface area contributed by atoms with Gasteiger partial charge >= 0.3 is 0 Å². The molecule has 0 radical (unpaired) electrons. The molecule has 0 aromatic heterocycles. The van der Waals surface area contributed by atoms with Crippen LogP contribution in [0.15, 0.2) is 36.4 Å². The van der Waals surface area contributed by atoms with Gasteiger partial charge in [-0.3, -0.25) is 0 Å². The second kappa shape index (κ2) is 8.09. The van der Waals surface area contributed by atoms with Gasteiger partial charge < -0.3 is 30.3 Å². The van der Waals surface area contributed by atoms with Gasteiger partial charge in [-0.05, 0) is 0 Å². The third-order valence-electron chi connectivity index (χ3n) is 1.78. The second-order valence-electron chi connectivity index (χ2n) is 2.84. The molecule has 2 aromatic rings. The van der Waals surface area contributed by atoms with Gasteiger partial charge in [0.15, 0.2) is 0 Å². The summed E-state index contributed by atoms with van der Waals surface area (Å²) in [5.41, 5.74) is 0. The van der Waals surface area contributed by atoms with E-state index in [2.05, 4.69) is 43.0 Å². The fourth-order valence-electron chi connectivity index (χ4n) is 0.955. The van der Waals surface area contributed by atoms with E-state index >= 15 is 0 Å². The molecular formula is C10H14FeP4-6. The van der Waals surface area contributed by atoms with Crippen LogP contribution in [0, 0.1) is 0 Å². The largest absolute Gasteiger partial charge is 0.748 e. The molecule has 0 N–H and O–H groups in total. The van der Waals surface area contributed by atoms with Gasteiger partial charge in [-0.15, -0.1) is 19.8 Å². The second-order valence-corrected chi connectivity index (χ2v) is 5.24. The predicted octanol–water partition coefficient (Wildman–Crippen LogP) is 0.810. The Bertz CT molecular complexity index is 339. The minimum atomic E-state index is 0. The van der Waals surface area contributed by atoms with E-state index in [0.29, 0.717) is 0 Å². The van der Waals surface area contributed by atoms with Crippen LogP contribution >= 0.6 is 37.0 Å². The molecule has 0 aliphatic rings. The van der Waals surface area contributed by atoms with Gasteiger partial charge in [-0.25, -0.2) is 0 Å². The number of rotatable bonds is 0. The third-order valence-corrected chi connectivity index (χ3v) is 5.02. The molecule has 0 spiro atoms. The summed E-state index contributed by atoms with van der Waals surface area (Å²) in [6.45, 7) is 0. The van der Waals surface area contributed by atoms with Gasteiger partial charge in [-0.2, -0.15) is 44.4 Å². The van der Waals surface area contributed by atoms with Gasteiger partial charge in [0.05, 0.1) is 0 Å². The summed E-state index contributed by atoms with van der Waals surface area (Å²) in [5.74, 6) is 0. The van der Waals surface area contributed by atoms with Gasteiger partial charge in [0.25, 0.3) is 0 Å². The quantitative estimate of drug-likeness (QED) is 0.384. The molecule has 0 aliphatic heterocycles. The SMILES string of the molecule is Pc1c[c-](P)c(P)c1P.[Fe].[cH-]1[cH-][cH-][cH-][cH-]1. The van der Waals surface area contributed by atoms with Crippen LogP contribution in [0.4, 0.5) is 0 Å². The Hall–Kier alpha value is 0.939. The molecule has 0 amide bonds. The first kappa shape index (κ1) is 15.9. The van der Waals surface area contributed by atoms with Crippen molar-refractivity contribution in [3.63, 3.8) is 0 Å². The van der Waals surface area contributed by atoms with Gasteiger partial charge in [0.2, 0.25) is 0 Å². The Morgan fingerprint density at radius 2 is 1.33 bits per heavy atom. The summed E-state index contributed by atoms with van der Waals surface area (Å²) in [5, 5.41) is 5.06. The van der Waals surface area contributed by atoms with Crippen molar-refractivity contribution in [3.8, 4) is 0 Å². The van der Waals surface area contributed by atoms with Crippen LogP contribution in [0.2, 0.25) is 0 Å². The summed E-state index contributed by atoms with van der Waals surface area (Å²) >= 11 is 0. The number of hydrogen-bond acceptors (Lipinski definition) is 0. The molecule has 0 saturated heterocycles. The van der Waals surface area contributed by atoms with Crippen LogP contribution < -0.4 is 21.2 Å². The summed E-state index contributed by atoms with van der Waals surface area (Å²) in [7, 11) is 10.8. The maximum absolute atomic E-state index is 2.71. The zero-order valence-electron chi connectivity index (χ0n) is 8.13. The van der Waals surface area contributed by atoms with Crippen molar-refractivity contribution in [2.75, 3.05) is 0 Å². The van der Waals surface area contributed by atoms with Crippen LogP contribution in [-0.4, -0.2) is 0 Å². The Balaban J connectivity index is 0.000000280. The Labute approximate surface area is 111 Å². The first-order valence-corrected chi connectivity index (χ1v) is 6.46. The molecule has 0 aliphatic carbocycles. The van der Waals surface area contributed by atoms with Crippen molar-refractivity contribution in [2.24, 2.45) is 0 Å². The molecule has 88 valence electrons. The average Bonchev–Trinajstić information content (AvgIpc) is 2.78. The maximum atomic E-state index is 2.71. The van der Waals surface area contributed by atoms with E-state index < -0.39 is 0 Å². The van der Waals surface area contributed by atoms with Crippen LogP contribution in [0.1, 0.15) is 0 Å². The van der Waals surface area contributed by atoms with Crippen LogP contribution in [-0.2, 0) is 17.1 Å². The molecule has 4 unspecified atom stereocenters. The van der Waals surface area contributed by atoms with Gasteiger partial charge in [0.1, 0.15) is 0 Å². The van der Waals surface area contributed by atoms with Crippen LogP contribution in [0.5, 0.6) is 0 Å². The Morgan fingerprint density at radius 3 is 1.47 bits per heavy atom. The zero-order chi connectivity index (χ0) is 10.6. The standard InChI is InChI=1S/C5H9P4.C5H5.Fe/c6-2-1-3(7)5(9)4(2)8;1-2-4-5-3-1;/h1H,6-9H2;1-5H;/q-1;-5;. The van der Waals surface area contributed by atoms with E-state index in [9.17, 15) is 0 Å². The third kappa shape index (κ3) is 5.20. The fourth-order valence-corrected chi connectivity index (χ4v) is 2.65. The van der Waals surface area contributed by atoms with E-state index in [-0.39, 0.29) is 17.1 Å². The van der Waals surface area contributed by atoms with Crippen molar-refractivity contribution < 1.29 is 17.1 Å². The van der Waals surface area contributed by atoms with E-state index in [0.717, 1.165) is 0 Å². The van der Waals surface area contributed by atoms with Crippen molar-refractivity contribution in [1.82, 2.24) is 0 Å². The van der Waals surface area contributed by atoms with Gasteiger partial charge in [0, 0.05) is 17.1 Å². The predicted molar refractivity (Wildman–Crippen MR) is 81.4 cm³/mol. The Morgan fingerprint density at radius 1 is 0.933 bits per heavy atom. The normalized spacial score (nSPS) is 8.80. The summed E-state index contributed by atoms with van der Waals surface area (Å²) in [6, 6.07) is 12.1. The average molecular weight is 314 g/mol. The molecule has 5 heteroatoms. The van der Waals surface area contributed by atoms with E-state index in [1.54, 1.807) is 0 Å². The molecule has 0 fully saturated rings. The minimum Gasteiger partial charge on any atom is -0.748 e. The molecule has 0 saturated carbocycles. The molecule has 4 atom stereocenters. The Kier molecular flexibility index (Phi) is 8.60. The molecule has 15 heavy (non-hydrogen) atoms. The topological polar surface area (TPSA) is 0 Å². The molecule has 0 bridgehead atoms. The fraction of sp³-hybridized carbons (Fsp3) is 0. The van der Waals surface area contributed by atoms with E-state index in [1.165, 1.54) is 21.2 Å². The smallest absolute Gasteiger partial charge is 0 e. The molecule has 0 heterocycles. The minimum absolute atomic E-state index is 0. The molecule has 0 nitrogen and oxygen atoms in total. The van der Waals surface area contributed by atoms with Crippen LogP contribution in [0.25, 0.3) is 0 Å². The first-order chi connectivity index (χ1) is 6.63. The van der Waals surface area contributed by atoms with Gasteiger partial charge in [-0.1, -0.05) is 0 Å². The zero-order valence-corrected chi connectivity index (χ0v) is 13.9. The maximum Gasteiger partial charge on any atom is 0 e. The summed E-state index contributed by atoms with van der Waals surface area (Å²) in [6.07, 6.45) is 0. The van der Waals surface area contributed by atoms with Crippen molar-refractivity contribution in [2.45, 2.75) is 0 Å². The monoisotopic (exact) mass is 314 g/mol.